The highest BCUT2D eigenvalue weighted by Gasteiger charge is 2.11. The second-order valence-corrected chi connectivity index (χ2v) is 4.79. The van der Waals surface area contributed by atoms with E-state index in [2.05, 4.69) is 5.32 Å². The van der Waals surface area contributed by atoms with Crippen molar-refractivity contribution in [3.05, 3.63) is 62.7 Å². The van der Waals surface area contributed by atoms with E-state index in [0.717, 1.165) is 0 Å². The Balaban J connectivity index is 2.26. The summed E-state index contributed by atoms with van der Waals surface area (Å²) < 4.78 is 0. The number of halogens is 1. The summed E-state index contributed by atoms with van der Waals surface area (Å²) in [5.41, 5.74) is 1.83. The van der Waals surface area contributed by atoms with Gasteiger partial charge in [-0.1, -0.05) is 11.6 Å². The molecule has 0 aromatic heterocycles. The van der Waals surface area contributed by atoms with Crippen molar-refractivity contribution < 1.29 is 14.8 Å². The Kier molecular flexibility index (Phi) is 4.09. The molecule has 2 aromatic rings. The first kappa shape index (κ1) is 14.8. The van der Waals surface area contributed by atoms with E-state index >= 15 is 0 Å². The molecular formula is C14H11ClN2O4. The fourth-order valence-corrected chi connectivity index (χ4v) is 2.13. The Morgan fingerprint density at radius 3 is 2.38 bits per heavy atom. The Bertz CT molecular complexity index is 669. The molecule has 21 heavy (non-hydrogen) atoms. The number of hydrogen-bond acceptors (Lipinski definition) is 4. The van der Waals surface area contributed by atoms with Crippen LogP contribution in [0.1, 0.15) is 15.9 Å². The quantitative estimate of drug-likeness (QED) is 0.658. The van der Waals surface area contributed by atoms with E-state index in [0.29, 0.717) is 16.9 Å². The van der Waals surface area contributed by atoms with Crippen LogP contribution in [0.3, 0.4) is 0 Å². The Morgan fingerprint density at radius 1 is 1.24 bits per heavy atom. The third-order valence-electron chi connectivity index (χ3n) is 2.88. The zero-order valence-corrected chi connectivity index (χ0v) is 11.7. The van der Waals surface area contributed by atoms with Crippen molar-refractivity contribution in [1.82, 2.24) is 0 Å². The van der Waals surface area contributed by atoms with Gasteiger partial charge in [-0.3, -0.25) is 10.1 Å². The monoisotopic (exact) mass is 306 g/mol. The number of rotatable bonds is 4. The van der Waals surface area contributed by atoms with Crippen molar-refractivity contribution in [2.24, 2.45) is 0 Å². The van der Waals surface area contributed by atoms with Crippen LogP contribution in [0.4, 0.5) is 17.1 Å². The van der Waals surface area contributed by atoms with Crippen LogP contribution in [0.5, 0.6) is 0 Å². The highest BCUT2D eigenvalue weighted by Crippen LogP contribution is 2.26. The maximum atomic E-state index is 10.9. The summed E-state index contributed by atoms with van der Waals surface area (Å²) in [6, 6.07) is 9.07. The lowest BCUT2D eigenvalue weighted by atomic mass is 10.1. The number of benzene rings is 2. The van der Waals surface area contributed by atoms with Gasteiger partial charge in [0.15, 0.2) is 0 Å². The minimum Gasteiger partial charge on any atom is -0.478 e. The minimum absolute atomic E-state index is 0.0158. The van der Waals surface area contributed by atoms with E-state index in [4.69, 9.17) is 16.7 Å². The second-order valence-electron chi connectivity index (χ2n) is 4.38. The molecule has 0 saturated heterocycles. The lowest BCUT2D eigenvalue weighted by molar-refractivity contribution is -0.385. The summed E-state index contributed by atoms with van der Waals surface area (Å²) in [6.45, 7) is 1.64. The molecule has 2 aromatic carbocycles. The first-order valence-corrected chi connectivity index (χ1v) is 6.31. The standard InChI is InChI=1S/C14H11ClN2O4/c1-8-6-9(3-5-13(8)17(20)21)16-10-2-4-11(14(18)19)12(15)7-10/h2-7,16H,1H3,(H,18,19). The molecule has 2 N–H and O–H groups in total. The molecule has 0 fully saturated rings. The van der Waals surface area contributed by atoms with Crippen LogP contribution in [0.2, 0.25) is 5.02 Å². The van der Waals surface area contributed by atoms with Gasteiger partial charge in [0.2, 0.25) is 0 Å². The van der Waals surface area contributed by atoms with Crippen molar-refractivity contribution in [3.63, 3.8) is 0 Å². The van der Waals surface area contributed by atoms with Gasteiger partial charge in [-0.2, -0.15) is 0 Å². The largest absolute Gasteiger partial charge is 0.478 e. The van der Waals surface area contributed by atoms with Gasteiger partial charge in [-0.25, -0.2) is 4.79 Å². The van der Waals surface area contributed by atoms with Gasteiger partial charge >= 0.3 is 5.97 Å². The Hall–Kier alpha value is -2.60. The SMILES string of the molecule is Cc1cc(Nc2ccc(C(=O)O)c(Cl)c2)ccc1[N+](=O)[O-]. The fourth-order valence-electron chi connectivity index (χ4n) is 1.87. The number of nitro groups is 1. The summed E-state index contributed by atoms with van der Waals surface area (Å²) in [7, 11) is 0. The van der Waals surface area contributed by atoms with Gasteiger partial charge < -0.3 is 10.4 Å². The summed E-state index contributed by atoms with van der Waals surface area (Å²) in [5.74, 6) is -1.10. The molecule has 0 heterocycles. The van der Waals surface area contributed by atoms with Gasteiger partial charge in [0, 0.05) is 23.0 Å². The average molecular weight is 307 g/mol. The second kappa shape index (κ2) is 5.80. The Labute approximate surface area is 125 Å². The Morgan fingerprint density at radius 2 is 1.86 bits per heavy atom. The van der Waals surface area contributed by atoms with E-state index < -0.39 is 10.9 Å². The number of aryl methyl sites for hydroxylation is 1. The molecule has 0 atom stereocenters. The van der Waals surface area contributed by atoms with Gasteiger partial charge in [-0.15, -0.1) is 0 Å². The van der Waals surface area contributed by atoms with E-state index in [1.165, 1.54) is 18.2 Å². The van der Waals surface area contributed by atoms with Gasteiger partial charge in [-0.05, 0) is 37.3 Å². The summed E-state index contributed by atoms with van der Waals surface area (Å²) in [5, 5.41) is 22.8. The average Bonchev–Trinajstić information content (AvgIpc) is 2.37. The molecule has 0 saturated carbocycles. The van der Waals surface area contributed by atoms with E-state index in [9.17, 15) is 14.9 Å². The number of hydrogen-bond donors (Lipinski definition) is 2. The van der Waals surface area contributed by atoms with Crippen molar-refractivity contribution in [2.45, 2.75) is 6.92 Å². The molecule has 7 heteroatoms. The number of nitrogens with one attached hydrogen (secondary N) is 1. The zero-order valence-electron chi connectivity index (χ0n) is 11.0. The predicted octanol–water partition coefficient (Wildman–Crippen LogP) is 4.00. The molecule has 108 valence electrons. The van der Waals surface area contributed by atoms with Crippen LogP contribution in [0, 0.1) is 17.0 Å². The van der Waals surface area contributed by atoms with Crippen LogP contribution in [-0.4, -0.2) is 16.0 Å². The fraction of sp³-hybridized carbons (Fsp3) is 0.0714. The van der Waals surface area contributed by atoms with Crippen molar-refractivity contribution in [2.75, 3.05) is 5.32 Å². The number of carboxylic acids is 1. The third kappa shape index (κ3) is 3.29. The zero-order chi connectivity index (χ0) is 15.6. The number of nitro benzene ring substituents is 1. The molecule has 0 amide bonds. The van der Waals surface area contributed by atoms with E-state index in [1.54, 1.807) is 25.1 Å². The third-order valence-corrected chi connectivity index (χ3v) is 3.19. The van der Waals surface area contributed by atoms with Crippen LogP contribution < -0.4 is 5.32 Å². The number of aromatic carboxylic acids is 1. The normalized spacial score (nSPS) is 10.2. The molecule has 0 spiro atoms. The molecule has 0 aliphatic heterocycles. The maximum absolute atomic E-state index is 10.9. The first-order valence-electron chi connectivity index (χ1n) is 5.93. The topological polar surface area (TPSA) is 92.5 Å². The van der Waals surface area contributed by atoms with Crippen LogP contribution in [0.15, 0.2) is 36.4 Å². The molecular weight excluding hydrogens is 296 g/mol. The van der Waals surface area contributed by atoms with Crippen molar-refractivity contribution >= 4 is 34.6 Å². The minimum atomic E-state index is -1.10. The molecule has 0 aliphatic carbocycles. The number of nitrogens with zero attached hydrogens (tertiary/aromatic N) is 1. The lowest BCUT2D eigenvalue weighted by Crippen LogP contribution is -1.99. The number of anilines is 2. The lowest BCUT2D eigenvalue weighted by Gasteiger charge is -2.09. The van der Waals surface area contributed by atoms with Crippen molar-refractivity contribution in [3.8, 4) is 0 Å². The van der Waals surface area contributed by atoms with Crippen molar-refractivity contribution in [1.29, 1.82) is 0 Å². The van der Waals surface area contributed by atoms with Gasteiger partial charge in [0.1, 0.15) is 0 Å². The van der Waals surface area contributed by atoms with E-state index in [-0.39, 0.29) is 16.3 Å². The molecule has 0 bridgehead atoms. The van der Waals surface area contributed by atoms with Gasteiger partial charge in [0.05, 0.1) is 15.5 Å². The van der Waals surface area contributed by atoms with Crippen LogP contribution >= 0.6 is 11.6 Å². The highest BCUT2D eigenvalue weighted by molar-refractivity contribution is 6.33. The van der Waals surface area contributed by atoms with Crippen LogP contribution in [-0.2, 0) is 0 Å². The molecule has 6 nitrogen and oxygen atoms in total. The number of carbonyl (C=O) groups is 1. The smallest absolute Gasteiger partial charge is 0.337 e. The predicted molar refractivity (Wildman–Crippen MR) is 79.5 cm³/mol. The van der Waals surface area contributed by atoms with Crippen LogP contribution in [0.25, 0.3) is 0 Å². The highest BCUT2D eigenvalue weighted by atomic mass is 35.5. The summed E-state index contributed by atoms with van der Waals surface area (Å²) in [6.07, 6.45) is 0. The summed E-state index contributed by atoms with van der Waals surface area (Å²) in [4.78, 5) is 21.2. The van der Waals surface area contributed by atoms with Gasteiger partial charge in [0.25, 0.3) is 5.69 Å². The first-order chi connectivity index (χ1) is 9.88. The molecule has 0 radical (unpaired) electrons. The maximum Gasteiger partial charge on any atom is 0.337 e. The molecule has 0 unspecified atom stereocenters. The molecule has 2 rings (SSSR count). The summed E-state index contributed by atoms with van der Waals surface area (Å²) >= 11 is 5.88. The molecule has 0 aliphatic rings. The van der Waals surface area contributed by atoms with E-state index in [1.807, 2.05) is 0 Å². The number of carboxylic acid groups (broad SMARTS) is 1.